The highest BCUT2D eigenvalue weighted by Gasteiger charge is 2.27. The lowest BCUT2D eigenvalue weighted by Gasteiger charge is -2.39. The molecule has 1 aromatic heterocycles. The molecule has 1 aromatic rings. The van der Waals surface area contributed by atoms with Crippen LogP contribution in [0, 0.1) is 0 Å². The van der Waals surface area contributed by atoms with Crippen LogP contribution in [-0.2, 0) is 4.74 Å². The van der Waals surface area contributed by atoms with Crippen LogP contribution in [0.2, 0.25) is 0 Å². The monoisotopic (exact) mass is 362 g/mol. The molecule has 3 atom stereocenters. The number of carbonyl (C=O) groups excluding carboxylic acids is 1. The maximum Gasteiger partial charge on any atom is 0.317 e. The largest absolute Gasteiger partial charge is 0.373 e. The highest BCUT2D eigenvalue weighted by molar-refractivity contribution is 5.74. The van der Waals surface area contributed by atoms with Crippen molar-refractivity contribution in [2.75, 3.05) is 50.7 Å². The van der Waals surface area contributed by atoms with Crippen molar-refractivity contribution in [3.8, 4) is 0 Å². The summed E-state index contributed by atoms with van der Waals surface area (Å²) in [6.07, 6.45) is 3.97. The van der Waals surface area contributed by atoms with Crippen molar-refractivity contribution in [2.24, 2.45) is 0 Å². The molecule has 0 aromatic carbocycles. The fourth-order valence-corrected chi connectivity index (χ4v) is 3.62. The molecule has 0 spiro atoms. The van der Waals surface area contributed by atoms with E-state index in [9.17, 15) is 4.79 Å². The van der Waals surface area contributed by atoms with Gasteiger partial charge in [-0.1, -0.05) is 0 Å². The number of aromatic nitrogens is 2. The number of rotatable bonds is 4. The molecule has 8 nitrogen and oxygen atoms in total. The molecule has 0 aliphatic carbocycles. The normalized spacial score (nSPS) is 25.8. The van der Waals surface area contributed by atoms with Gasteiger partial charge < -0.3 is 19.9 Å². The molecule has 26 heavy (non-hydrogen) atoms. The predicted molar refractivity (Wildman–Crippen MR) is 100 cm³/mol. The van der Waals surface area contributed by atoms with Gasteiger partial charge in [0.15, 0.2) is 0 Å². The molecular weight excluding hydrogens is 332 g/mol. The number of hydrogen-bond acceptors (Lipinski definition) is 6. The van der Waals surface area contributed by atoms with E-state index in [-0.39, 0.29) is 18.2 Å². The van der Waals surface area contributed by atoms with Gasteiger partial charge in [-0.3, -0.25) is 4.90 Å². The number of anilines is 1. The fourth-order valence-electron chi connectivity index (χ4n) is 3.62. The van der Waals surface area contributed by atoms with Crippen molar-refractivity contribution in [1.82, 2.24) is 25.1 Å². The van der Waals surface area contributed by atoms with Crippen molar-refractivity contribution in [3.05, 3.63) is 18.5 Å². The van der Waals surface area contributed by atoms with Crippen LogP contribution in [0.5, 0.6) is 0 Å². The van der Waals surface area contributed by atoms with Gasteiger partial charge in [-0.05, 0) is 26.8 Å². The third kappa shape index (κ3) is 4.82. The number of amides is 2. The SMILES string of the molecule is C[C@@H]1CN([C@H](C)CNC(=O)N2CCN(c3ncccn3)CC2)C[C@H](C)O1. The highest BCUT2D eigenvalue weighted by atomic mass is 16.5. The van der Waals surface area contributed by atoms with Crippen molar-refractivity contribution in [1.29, 1.82) is 0 Å². The Labute approximate surface area is 155 Å². The van der Waals surface area contributed by atoms with Gasteiger partial charge in [0, 0.05) is 64.2 Å². The average Bonchev–Trinajstić information content (AvgIpc) is 2.66. The topological polar surface area (TPSA) is 73.8 Å². The van der Waals surface area contributed by atoms with Gasteiger partial charge in [0.05, 0.1) is 12.2 Å². The zero-order chi connectivity index (χ0) is 18.5. The molecule has 0 radical (unpaired) electrons. The Hall–Kier alpha value is -1.93. The molecule has 1 N–H and O–H groups in total. The number of urea groups is 1. The van der Waals surface area contributed by atoms with Crippen LogP contribution < -0.4 is 10.2 Å². The first-order valence-electron chi connectivity index (χ1n) is 9.47. The second kappa shape index (κ2) is 8.64. The van der Waals surface area contributed by atoms with E-state index < -0.39 is 0 Å². The molecule has 2 aliphatic rings. The Kier molecular flexibility index (Phi) is 6.26. The Morgan fingerprint density at radius 1 is 1.19 bits per heavy atom. The van der Waals surface area contributed by atoms with E-state index >= 15 is 0 Å². The maximum atomic E-state index is 12.5. The van der Waals surface area contributed by atoms with Crippen LogP contribution in [0.3, 0.4) is 0 Å². The van der Waals surface area contributed by atoms with Crippen LogP contribution in [0.25, 0.3) is 0 Å². The molecule has 2 fully saturated rings. The molecule has 2 aliphatic heterocycles. The molecule has 3 rings (SSSR count). The molecule has 3 heterocycles. The number of piperazine rings is 1. The minimum atomic E-state index is 0.0137. The third-order valence-electron chi connectivity index (χ3n) is 5.02. The smallest absolute Gasteiger partial charge is 0.317 e. The summed E-state index contributed by atoms with van der Waals surface area (Å²) in [5, 5.41) is 3.09. The van der Waals surface area contributed by atoms with E-state index in [1.165, 1.54) is 0 Å². The van der Waals surface area contributed by atoms with E-state index in [4.69, 9.17) is 4.74 Å². The van der Waals surface area contributed by atoms with Crippen LogP contribution in [0.4, 0.5) is 10.7 Å². The maximum absolute atomic E-state index is 12.5. The van der Waals surface area contributed by atoms with Crippen LogP contribution >= 0.6 is 0 Å². The van der Waals surface area contributed by atoms with Crippen LogP contribution in [-0.4, -0.2) is 89.9 Å². The Morgan fingerprint density at radius 2 is 1.81 bits per heavy atom. The highest BCUT2D eigenvalue weighted by Crippen LogP contribution is 2.13. The van der Waals surface area contributed by atoms with E-state index in [2.05, 4.69) is 45.9 Å². The Morgan fingerprint density at radius 3 is 2.42 bits per heavy atom. The van der Waals surface area contributed by atoms with Crippen molar-refractivity contribution >= 4 is 12.0 Å². The summed E-state index contributed by atoms with van der Waals surface area (Å²) in [6.45, 7) is 11.7. The Bertz CT molecular complexity index is 568. The molecular formula is C18H30N6O2. The second-order valence-electron chi connectivity index (χ2n) is 7.27. The summed E-state index contributed by atoms with van der Waals surface area (Å²) >= 11 is 0. The van der Waals surface area contributed by atoms with E-state index in [1.54, 1.807) is 12.4 Å². The predicted octanol–water partition coefficient (Wildman–Crippen LogP) is 0.806. The minimum Gasteiger partial charge on any atom is -0.373 e. The average molecular weight is 362 g/mol. The van der Waals surface area contributed by atoms with Gasteiger partial charge in [-0.25, -0.2) is 14.8 Å². The molecule has 0 saturated carbocycles. The zero-order valence-corrected chi connectivity index (χ0v) is 16.0. The molecule has 144 valence electrons. The summed E-state index contributed by atoms with van der Waals surface area (Å²) in [7, 11) is 0. The van der Waals surface area contributed by atoms with Gasteiger partial charge in [0.1, 0.15) is 0 Å². The summed E-state index contributed by atoms with van der Waals surface area (Å²) < 4.78 is 5.78. The number of nitrogens with one attached hydrogen (secondary N) is 1. The molecule has 2 amide bonds. The summed E-state index contributed by atoms with van der Waals surface area (Å²) in [4.78, 5) is 27.4. The van der Waals surface area contributed by atoms with E-state index in [0.717, 1.165) is 32.1 Å². The van der Waals surface area contributed by atoms with Crippen molar-refractivity contribution in [3.63, 3.8) is 0 Å². The second-order valence-corrected chi connectivity index (χ2v) is 7.27. The fraction of sp³-hybridized carbons (Fsp3) is 0.722. The van der Waals surface area contributed by atoms with E-state index in [1.807, 2.05) is 11.0 Å². The zero-order valence-electron chi connectivity index (χ0n) is 16.0. The van der Waals surface area contributed by atoms with Gasteiger partial charge >= 0.3 is 6.03 Å². The Balaban J connectivity index is 1.41. The number of carbonyl (C=O) groups is 1. The van der Waals surface area contributed by atoms with Crippen molar-refractivity contribution < 1.29 is 9.53 Å². The third-order valence-corrected chi connectivity index (χ3v) is 5.02. The van der Waals surface area contributed by atoms with Gasteiger partial charge in [0.25, 0.3) is 0 Å². The summed E-state index contributed by atoms with van der Waals surface area (Å²) in [6, 6.07) is 2.12. The summed E-state index contributed by atoms with van der Waals surface area (Å²) in [5.74, 6) is 0.733. The van der Waals surface area contributed by atoms with Crippen LogP contribution in [0.15, 0.2) is 18.5 Å². The lowest BCUT2D eigenvalue weighted by atomic mass is 10.2. The summed E-state index contributed by atoms with van der Waals surface area (Å²) in [5.41, 5.74) is 0. The lowest BCUT2D eigenvalue weighted by Crippen LogP contribution is -2.55. The lowest BCUT2D eigenvalue weighted by molar-refractivity contribution is -0.0778. The first-order chi connectivity index (χ1) is 12.5. The molecule has 0 unspecified atom stereocenters. The number of morpholine rings is 1. The van der Waals surface area contributed by atoms with Crippen LogP contribution in [0.1, 0.15) is 20.8 Å². The minimum absolute atomic E-state index is 0.0137. The first kappa shape index (κ1) is 18.8. The first-order valence-corrected chi connectivity index (χ1v) is 9.47. The molecule has 0 bridgehead atoms. The van der Waals surface area contributed by atoms with E-state index in [0.29, 0.717) is 25.7 Å². The van der Waals surface area contributed by atoms with Crippen molar-refractivity contribution in [2.45, 2.75) is 39.0 Å². The van der Waals surface area contributed by atoms with Gasteiger partial charge in [-0.2, -0.15) is 0 Å². The molecule has 8 heteroatoms. The van der Waals surface area contributed by atoms with Gasteiger partial charge in [0.2, 0.25) is 5.95 Å². The number of hydrogen-bond donors (Lipinski definition) is 1. The standard InChI is InChI=1S/C18H30N6O2/c1-14(24-12-15(2)26-16(3)13-24)11-21-18(25)23-9-7-22(8-10-23)17-19-5-4-6-20-17/h4-6,14-16H,7-13H2,1-3H3,(H,21,25)/t14-,15-,16+/m1/s1. The quantitative estimate of drug-likeness (QED) is 0.854. The molecule has 2 saturated heterocycles. The number of ether oxygens (including phenoxy) is 1. The number of nitrogens with zero attached hydrogens (tertiary/aromatic N) is 5. The van der Waals surface area contributed by atoms with Gasteiger partial charge in [-0.15, -0.1) is 0 Å².